The molecule has 0 saturated heterocycles. The molecule has 0 aromatic heterocycles. The third kappa shape index (κ3) is 5.40. The van der Waals surface area contributed by atoms with E-state index in [9.17, 15) is 0 Å². The smallest absolute Gasteiger partial charge is 0.108 e. The van der Waals surface area contributed by atoms with Crippen LogP contribution in [-0.4, -0.2) is 31.8 Å². The molecule has 164 valence electrons. The number of benzene rings is 4. The Morgan fingerprint density at radius 1 is 0.438 bits per heavy atom. The van der Waals surface area contributed by atoms with E-state index in [1.807, 2.05) is 0 Å². The van der Waals surface area contributed by atoms with Crippen molar-refractivity contribution < 1.29 is 0 Å². The maximum absolute atomic E-state index is 2.37. The molecular weight excluding hydrogens is 402 g/mol. The van der Waals surface area contributed by atoms with Crippen molar-refractivity contribution in [3.63, 3.8) is 0 Å². The molecule has 0 saturated carbocycles. The van der Waals surface area contributed by atoms with Gasteiger partial charge in [0.25, 0.3) is 0 Å². The normalized spacial score (nSPS) is 11.6. The van der Waals surface area contributed by atoms with Gasteiger partial charge in [-0.3, -0.25) is 0 Å². The Hall–Kier alpha value is -2.63. The summed E-state index contributed by atoms with van der Waals surface area (Å²) in [5.74, 6) is 0. The Balaban J connectivity index is 0.000000360. The summed E-state index contributed by atoms with van der Waals surface area (Å²) in [5, 5.41) is 0. The van der Waals surface area contributed by atoms with E-state index >= 15 is 0 Å². The van der Waals surface area contributed by atoms with Crippen LogP contribution in [-0.2, 0) is 0 Å². The zero-order chi connectivity index (χ0) is 23.0. The zero-order valence-electron chi connectivity index (χ0n) is 20.1. The fourth-order valence-corrected chi connectivity index (χ4v) is 4.12. The van der Waals surface area contributed by atoms with Crippen LogP contribution in [0.15, 0.2) is 121 Å². The fourth-order valence-electron chi connectivity index (χ4n) is 4.12. The first-order valence-corrected chi connectivity index (χ1v) is 14.8. The van der Waals surface area contributed by atoms with Crippen LogP contribution >= 0.6 is 7.26 Å². The van der Waals surface area contributed by atoms with Gasteiger partial charge in [0.05, 0.1) is 5.66 Å². The zero-order valence-corrected chi connectivity index (χ0v) is 21.0. The molecule has 0 radical (unpaired) electrons. The van der Waals surface area contributed by atoms with E-state index in [1.54, 1.807) is 0 Å². The van der Waals surface area contributed by atoms with Crippen LogP contribution in [0.5, 0.6) is 0 Å². The van der Waals surface area contributed by atoms with Crippen LogP contribution in [0.2, 0.25) is 0 Å². The third-order valence-electron chi connectivity index (χ3n) is 6.75. The largest absolute Gasteiger partial charge is 0.195 e. The highest BCUT2D eigenvalue weighted by Crippen LogP contribution is 2.51. The standard InChI is InChI=1S/C24H20B.C6H16P/c1-5-13-21(14-6-1)25(22-15-7-2-8-16-22,23-17-9-3-10-18-23)24-19-11-4-12-20-24;1-6(2)7(3,4)5/h1-20H;6H,1-5H3/q-1;+1. The summed E-state index contributed by atoms with van der Waals surface area (Å²) in [6.45, 7) is 11.7. The predicted octanol–water partition coefficient (Wildman–Crippen LogP) is 5.37. The molecule has 0 heterocycles. The van der Waals surface area contributed by atoms with Gasteiger partial charge in [-0.1, -0.05) is 121 Å². The van der Waals surface area contributed by atoms with Gasteiger partial charge >= 0.3 is 0 Å². The lowest BCUT2D eigenvalue weighted by molar-refractivity contribution is 1.08. The van der Waals surface area contributed by atoms with Crippen molar-refractivity contribution in [1.29, 1.82) is 0 Å². The molecule has 0 bridgehead atoms. The Bertz CT molecular complexity index is 890. The summed E-state index contributed by atoms with van der Waals surface area (Å²) < 4.78 is 0. The van der Waals surface area contributed by atoms with E-state index in [0.29, 0.717) is 0 Å². The van der Waals surface area contributed by atoms with Gasteiger partial charge in [-0.25, -0.2) is 0 Å². The fraction of sp³-hybridized carbons (Fsp3) is 0.200. The molecule has 32 heavy (non-hydrogen) atoms. The first-order valence-electron chi connectivity index (χ1n) is 11.6. The van der Waals surface area contributed by atoms with Gasteiger partial charge < -0.3 is 0 Å². The van der Waals surface area contributed by atoms with Crippen molar-refractivity contribution in [2.45, 2.75) is 19.5 Å². The van der Waals surface area contributed by atoms with Gasteiger partial charge in [-0.05, 0) is 13.8 Å². The minimum absolute atomic E-state index is 0.488. The topological polar surface area (TPSA) is 0 Å². The molecular formula is C30H36BP. The Labute approximate surface area is 196 Å². The highest BCUT2D eigenvalue weighted by Gasteiger charge is 2.31. The van der Waals surface area contributed by atoms with Gasteiger partial charge in [0, 0.05) is 27.3 Å². The summed E-state index contributed by atoms with van der Waals surface area (Å²) in [5.41, 5.74) is 6.27. The summed E-state index contributed by atoms with van der Waals surface area (Å²) >= 11 is 0. The molecule has 0 fully saturated rings. The molecule has 4 rings (SSSR count). The maximum Gasteiger partial charge on any atom is 0.108 e. The van der Waals surface area contributed by atoms with Crippen molar-refractivity contribution in [3.05, 3.63) is 121 Å². The van der Waals surface area contributed by atoms with Crippen LogP contribution in [0.25, 0.3) is 0 Å². The molecule has 0 N–H and O–H groups in total. The van der Waals surface area contributed by atoms with Gasteiger partial charge in [0.2, 0.25) is 0 Å². The third-order valence-corrected chi connectivity index (χ3v) is 9.85. The molecule has 0 spiro atoms. The number of hydrogen-bond acceptors (Lipinski definition) is 0. The number of rotatable bonds is 5. The van der Waals surface area contributed by atoms with Crippen molar-refractivity contribution in [1.82, 2.24) is 0 Å². The van der Waals surface area contributed by atoms with E-state index < -0.39 is 13.4 Å². The van der Waals surface area contributed by atoms with Crippen LogP contribution in [0.1, 0.15) is 13.8 Å². The van der Waals surface area contributed by atoms with Gasteiger partial charge in [-0.15, -0.1) is 0 Å². The molecule has 0 aliphatic rings. The lowest BCUT2D eigenvalue weighted by Crippen LogP contribution is -2.74. The van der Waals surface area contributed by atoms with Crippen LogP contribution < -0.4 is 21.9 Å². The summed E-state index contributed by atoms with van der Waals surface area (Å²) in [7, 11) is -0.488. The highest BCUT2D eigenvalue weighted by molar-refractivity contribution is 7.74. The SMILES string of the molecule is CC(C)[P+](C)(C)C.c1ccc([B-](c2ccccc2)(c2ccccc2)c2ccccc2)cc1. The molecule has 0 amide bonds. The summed E-state index contributed by atoms with van der Waals surface area (Å²) in [6, 6.07) is 43.5. The van der Waals surface area contributed by atoms with Crippen molar-refractivity contribution in [2.24, 2.45) is 0 Å². The first-order chi connectivity index (χ1) is 15.4. The van der Waals surface area contributed by atoms with Crippen molar-refractivity contribution >= 4 is 35.3 Å². The minimum Gasteiger partial charge on any atom is -0.195 e. The first kappa shape index (κ1) is 24.0. The molecule has 0 unspecified atom stereocenters. The van der Waals surface area contributed by atoms with Crippen LogP contribution in [0.3, 0.4) is 0 Å². The lowest BCUT2D eigenvalue weighted by atomic mass is 9.13. The second-order valence-corrected chi connectivity index (χ2v) is 15.0. The Morgan fingerprint density at radius 2 is 0.625 bits per heavy atom. The lowest BCUT2D eigenvalue weighted by Gasteiger charge is -2.44. The van der Waals surface area contributed by atoms with Crippen molar-refractivity contribution in [2.75, 3.05) is 20.0 Å². The van der Waals surface area contributed by atoms with E-state index in [4.69, 9.17) is 0 Å². The second kappa shape index (κ2) is 10.8. The van der Waals surface area contributed by atoms with Gasteiger partial charge in [0.1, 0.15) is 6.15 Å². The summed E-state index contributed by atoms with van der Waals surface area (Å²) in [6.07, 6.45) is -1.22. The predicted molar refractivity (Wildman–Crippen MR) is 150 cm³/mol. The molecule has 0 nitrogen and oxygen atoms in total. The van der Waals surface area contributed by atoms with Gasteiger partial charge in [-0.2, -0.15) is 21.9 Å². The minimum atomic E-state index is -1.22. The average molecular weight is 438 g/mol. The number of hydrogen-bond donors (Lipinski definition) is 0. The Morgan fingerprint density at radius 3 is 0.781 bits per heavy atom. The monoisotopic (exact) mass is 438 g/mol. The average Bonchev–Trinajstić information content (AvgIpc) is 2.82. The molecule has 0 aliphatic heterocycles. The van der Waals surface area contributed by atoms with E-state index in [-0.39, 0.29) is 0 Å². The van der Waals surface area contributed by atoms with E-state index in [2.05, 4.69) is 155 Å². The second-order valence-electron chi connectivity index (χ2n) is 9.72. The van der Waals surface area contributed by atoms with E-state index in [0.717, 1.165) is 5.66 Å². The quantitative estimate of drug-likeness (QED) is 0.291. The molecule has 0 atom stereocenters. The molecule has 0 aliphatic carbocycles. The van der Waals surface area contributed by atoms with Crippen molar-refractivity contribution in [3.8, 4) is 0 Å². The molecule has 4 aromatic rings. The Kier molecular flexibility index (Phi) is 8.11. The summed E-state index contributed by atoms with van der Waals surface area (Å²) in [4.78, 5) is 0. The van der Waals surface area contributed by atoms with Crippen LogP contribution in [0, 0.1) is 0 Å². The highest BCUT2D eigenvalue weighted by atomic mass is 31.2. The molecule has 4 aromatic carbocycles. The van der Waals surface area contributed by atoms with Gasteiger partial charge in [0.15, 0.2) is 0 Å². The molecule has 2 heteroatoms. The van der Waals surface area contributed by atoms with E-state index in [1.165, 1.54) is 21.9 Å². The maximum atomic E-state index is 2.37. The van der Waals surface area contributed by atoms with Crippen LogP contribution in [0.4, 0.5) is 0 Å².